The first-order valence-corrected chi connectivity index (χ1v) is 16.4. The second-order valence-corrected chi connectivity index (χ2v) is 13.0. The minimum absolute atomic E-state index is 0.170. The molecular weight excluding hydrogens is 606 g/mol. The van der Waals surface area contributed by atoms with Gasteiger partial charge in [-0.1, -0.05) is 72.8 Å². The average Bonchev–Trinajstić information content (AvgIpc) is 3.68. The average molecular weight is 650 g/mol. The number of rotatable bonds is 13. The van der Waals surface area contributed by atoms with Gasteiger partial charge in [-0.15, -0.1) is 13.2 Å². The van der Waals surface area contributed by atoms with Gasteiger partial charge in [-0.3, -0.25) is 14.4 Å². The maximum absolute atomic E-state index is 15.1. The number of nitrogens with zero attached hydrogens (tertiary/aromatic N) is 3. The van der Waals surface area contributed by atoms with E-state index in [1.165, 1.54) is 4.90 Å². The van der Waals surface area contributed by atoms with Crippen LogP contribution in [-0.4, -0.2) is 76.7 Å². The van der Waals surface area contributed by atoms with E-state index in [0.29, 0.717) is 36.4 Å². The Morgan fingerprint density at radius 1 is 0.979 bits per heavy atom. The summed E-state index contributed by atoms with van der Waals surface area (Å²) in [6, 6.07) is 24.0. The van der Waals surface area contributed by atoms with Crippen molar-refractivity contribution in [1.82, 2.24) is 9.80 Å². The number of carbonyl (C=O) groups excluding carboxylic acids is 3. The number of aliphatic hydroxyl groups is 1. The topological polar surface area (TPSA) is 99.6 Å². The SMILES string of the molecule is C=CCN(Cc1ccccc1)C(=O)[C@H]1[C@H]2C(=O)N([C@H](CO)c3ccccc3)C(C(=O)N(CC=C)c3ccc(OC)cc3)C23CC[C@]1(C)O3. The molecule has 1 N–H and O–H groups in total. The zero-order chi connectivity index (χ0) is 34.1. The zero-order valence-electron chi connectivity index (χ0n) is 27.5. The van der Waals surface area contributed by atoms with E-state index in [1.54, 1.807) is 53.3 Å². The first kappa shape index (κ1) is 33.2. The van der Waals surface area contributed by atoms with Crippen molar-refractivity contribution in [2.75, 3.05) is 31.7 Å². The Morgan fingerprint density at radius 2 is 1.62 bits per heavy atom. The van der Waals surface area contributed by atoms with Crippen molar-refractivity contribution in [3.8, 4) is 5.75 Å². The van der Waals surface area contributed by atoms with Crippen LogP contribution in [-0.2, 0) is 25.7 Å². The molecule has 0 aliphatic carbocycles. The molecule has 3 aromatic rings. The molecule has 1 spiro atoms. The van der Waals surface area contributed by atoms with Crippen LogP contribution in [0.3, 0.4) is 0 Å². The van der Waals surface area contributed by atoms with E-state index in [4.69, 9.17) is 9.47 Å². The highest BCUT2D eigenvalue weighted by molar-refractivity contribution is 6.05. The second kappa shape index (κ2) is 13.4. The Morgan fingerprint density at radius 3 is 2.23 bits per heavy atom. The van der Waals surface area contributed by atoms with Crippen molar-refractivity contribution in [2.24, 2.45) is 11.8 Å². The fraction of sp³-hybridized carbons (Fsp3) is 0.359. The maximum atomic E-state index is 15.1. The number of likely N-dealkylation sites (tertiary alicyclic amines) is 1. The van der Waals surface area contributed by atoms with Crippen LogP contribution in [0.2, 0.25) is 0 Å². The molecule has 0 aromatic heterocycles. The molecule has 3 aromatic carbocycles. The number of methoxy groups -OCH3 is 1. The van der Waals surface area contributed by atoms with Gasteiger partial charge in [-0.2, -0.15) is 0 Å². The molecule has 0 saturated carbocycles. The molecule has 3 amide bonds. The van der Waals surface area contributed by atoms with Gasteiger partial charge in [0.2, 0.25) is 11.8 Å². The van der Waals surface area contributed by atoms with Gasteiger partial charge in [0, 0.05) is 25.3 Å². The largest absolute Gasteiger partial charge is 0.497 e. The standard InChI is InChI=1S/C39H43N3O6/c1-5-23-40(25-27-13-9-7-10-14-27)35(44)32-33-36(45)42(31(26-43)28-15-11-8-12-16-28)34(39(33)22-21-38(32,3)48-39)37(46)41(24-6-2)29-17-19-30(47-4)20-18-29/h5-20,31-34,43H,1-2,21-26H2,3-4H3/t31-,32-,33+,34?,38+,39?/m1/s1. The van der Waals surface area contributed by atoms with Crippen LogP contribution >= 0.6 is 0 Å². The van der Waals surface area contributed by atoms with Crippen LogP contribution in [0.4, 0.5) is 5.69 Å². The number of anilines is 1. The van der Waals surface area contributed by atoms with Crippen molar-refractivity contribution < 1.29 is 29.0 Å². The molecule has 2 unspecified atom stereocenters. The monoisotopic (exact) mass is 649 g/mol. The van der Waals surface area contributed by atoms with Gasteiger partial charge >= 0.3 is 0 Å². The predicted octanol–water partition coefficient (Wildman–Crippen LogP) is 4.93. The van der Waals surface area contributed by atoms with Gasteiger partial charge in [-0.25, -0.2) is 0 Å². The van der Waals surface area contributed by atoms with Gasteiger partial charge in [0.25, 0.3) is 5.91 Å². The number of hydrogen-bond acceptors (Lipinski definition) is 6. The van der Waals surface area contributed by atoms with Gasteiger partial charge in [-0.05, 0) is 55.2 Å². The van der Waals surface area contributed by atoms with Crippen LogP contribution in [0.1, 0.15) is 36.9 Å². The van der Waals surface area contributed by atoms with Crippen LogP contribution < -0.4 is 9.64 Å². The third-order valence-electron chi connectivity index (χ3n) is 10.2. The molecule has 48 heavy (non-hydrogen) atoms. The zero-order valence-corrected chi connectivity index (χ0v) is 27.5. The summed E-state index contributed by atoms with van der Waals surface area (Å²) in [6.07, 6.45) is 4.23. The van der Waals surface area contributed by atoms with E-state index in [9.17, 15) is 14.7 Å². The summed E-state index contributed by atoms with van der Waals surface area (Å²) in [5.41, 5.74) is -0.0247. The summed E-state index contributed by atoms with van der Waals surface area (Å²) in [7, 11) is 1.57. The van der Waals surface area contributed by atoms with Crippen LogP contribution in [0, 0.1) is 11.8 Å². The molecule has 6 rings (SSSR count). The highest BCUT2D eigenvalue weighted by Gasteiger charge is 2.79. The highest BCUT2D eigenvalue weighted by Crippen LogP contribution is 2.64. The van der Waals surface area contributed by atoms with Crippen molar-refractivity contribution in [3.63, 3.8) is 0 Å². The fourth-order valence-electron chi connectivity index (χ4n) is 8.13. The van der Waals surface area contributed by atoms with Gasteiger partial charge in [0.1, 0.15) is 17.4 Å². The van der Waals surface area contributed by atoms with E-state index in [1.807, 2.05) is 67.6 Å². The Hall–Kier alpha value is -4.73. The lowest BCUT2D eigenvalue weighted by Gasteiger charge is -2.39. The van der Waals surface area contributed by atoms with E-state index >= 15 is 4.79 Å². The number of ether oxygens (including phenoxy) is 2. The molecule has 3 heterocycles. The first-order chi connectivity index (χ1) is 23.2. The smallest absolute Gasteiger partial charge is 0.253 e. The van der Waals surface area contributed by atoms with Gasteiger partial charge in [0.05, 0.1) is 37.2 Å². The minimum atomic E-state index is -1.29. The first-order valence-electron chi connectivity index (χ1n) is 16.4. The Kier molecular flexibility index (Phi) is 9.27. The lowest BCUT2D eigenvalue weighted by Crippen LogP contribution is -2.57. The molecule has 2 bridgehead atoms. The molecule has 3 saturated heterocycles. The molecule has 3 aliphatic heterocycles. The van der Waals surface area contributed by atoms with E-state index in [-0.39, 0.29) is 30.8 Å². The van der Waals surface area contributed by atoms with E-state index in [0.717, 1.165) is 5.56 Å². The Bertz CT molecular complexity index is 1660. The number of benzene rings is 3. The summed E-state index contributed by atoms with van der Waals surface area (Å²) < 4.78 is 12.3. The van der Waals surface area contributed by atoms with Crippen LogP contribution in [0.15, 0.2) is 110 Å². The van der Waals surface area contributed by atoms with E-state index < -0.39 is 41.7 Å². The number of carbonyl (C=O) groups is 3. The normalized spacial score (nSPS) is 26.1. The lowest BCUT2D eigenvalue weighted by atomic mass is 9.66. The summed E-state index contributed by atoms with van der Waals surface area (Å²) in [6.45, 7) is 10.1. The quantitative estimate of drug-likeness (QED) is 0.264. The third-order valence-corrected chi connectivity index (χ3v) is 10.2. The molecule has 9 heteroatoms. The number of fused-ring (bicyclic) bond motifs is 1. The molecule has 3 aliphatic rings. The Balaban J connectivity index is 1.46. The molecule has 0 radical (unpaired) electrons. The lowest BCUT2D eigenvalue weighted by molar-refractivity contribution is -0.152. The fourth-order valence-corrected chi connectivity index (χ4v) is 8.13. The maximum Gasteiger partial charge on any atom is 0.253 e. The minimum Gasteiger partial charge on any atom is -0.497 e. The van der Waals surface area contributed by atoms with Crippen molar-refractivity contribution in [3.05, 3.63) is 121 Å². The van der Waals surface area contributed by atoms with Gasteiger partial charge < -0.3 is 29.3 Å². The summed E-state index contributed by atoms with van der Waals surface area (Å²) in [5, 5.41) is 10.9. The summed E-state index contributed by atoms with van der Waals surface area (Å²) >= 11 is 0. The van der Waals surface area contributed by atoms with Crippen molar-refractivity contribution in [1.29, 1.82) is 0 Å². The van der Waals surface area contributed by atoms with Crippen molar-refractivity contribution >= 4 is 23.4 Å². The van der Waals surface area contributed by atoms with Crippen LogP contribution in [0.25, 0.3) is 0 Å². The molecular formula is C39H43N3O6. The molecule has 9 nitrogen and oxygen atoms in total. The Labute approximate surface area is 282 Å². The molecule has 250 valence electrons. The summed E-state index contributed by atoms with van der Waals surface area (Å²) in [4.78, 5) is 49.5. The molecule has 6 atom stereocenters. The third kappa shape index (κ3) is 5.50. The van der Waals surface area contributed by atoms with Crippen molar-refractivity contribution in [2.45, 2.75) is 49.6 Å². The van der Waals surface area contributed by atoms with E-state index in [2.05, 4.69) is 13.2 Å². The second-order valence-electron chi connectivity index (χ2n) is 13.0. The summed E-state index contributed by atoms with van der Waals surface area (Å²) in [5.74, 6) is -2.09. The van der Waals surface area contributed by atoms with Gasteiger partial charge in [0.15, 0.2) is 0 Å². The van der Waals surface area contributed by atoms with Crippen LogP contribution in [0.5, 0.6) is 5.75 Å². The number of amides is 3. The number of hydrogen-bond donors (Lipinski definition) is 1. The molecule has 3 fully saturated rings. The highest BCUT2D eigenvalue weighted by atomic mass is 16.5. The number of aliphatic hydroxyl groups excluding tert-OH is 1. The predicted molar refractivity (Wildman–Crippen MR) is 183 cm³/mol.